The predicted octanol–water partition coefficient (Wildman–Crippen LogP) is 11.9. The third-order valence-corrected chi connectivity index (χ3v) is 11.0. The van der Waals surface area contributed by atoms with Crippen molar-refractivity contribution in [1.29, 1.82) is 0 Å². The number of phenols is 2. The first kappa shape index (κ1) is 82.4. The molecule has 6 aromatic carbocycles. The van der Waals surface area contributed by atoms with Crippen molar-refractivity contribution in [1.82, 2.24) is 39.5 Å². The molecule has 0 saturated heterocycles. The summed E-state index contributed by atoms with van der Waals surface area (Å²) in [6.07, 6.45) is 11.8. The van der Waals surface area contributed by atoms with Gasteiger partial charge in [0.2, 0.25) is 0 Å². The van der Waals surface area contributed by atoms with Crippen LogP contribution in [0.25, 0.3) is 49.4 Å². The van der Waals surface area contributed by atoms with Gasteiger partial charge in [-0.25, -0.2) is 24.4 Å². The molecule has 0 aliphatic rings. The number of pyridine rings is 4. The number of para-hydroxylation sites is 3. The van der Waals surface area contributed by atoms with Gasteiger partial charge in [-0.2, -0.15) is 34.5 Å². The van der Waals surface area contributed by atoms with Crippen LogP contribution in [0.3, 0.4) is 0 Å². The van der Waals surface area contributed by atoms with E-state index in [0.29, 0.717) is 10.9 Å². The molecule has 0 aliphatic heterocycles. The van der Waals surface area contributed by atoms with Crippen molar-refractivity contribution in [3.05, 3.63) is 272 Å². The van der Waals surface area contributed by atoms with Crippen LogP contribution >= 0.6 is 0 Å². The summed E-state index contributed by atoms with van der Waals surface area (Å²) >= 11 is 0. The average molecular weight is 2410 g/mol. The topological polar surface area (TPSA) is 252 Å². The summed E-state index contributed by atoms with van der Waals surface area (Å²) in [7, 11) is 3.38. The molecule has 17 nitrogen and oxygen atoms in total. The Balaban J connectivity index is 0. The van der Waals surface area contributed by atoms with Crippen molar-refractivity contribution in [2.24, 2.45) is 12.0 Å². The SMILES string of the molecule is CN=Cc1ccccc1O.Cc1cc(C(=O)O)nn1C.O=C(O)c1cc2ccccc2cn1.O=C(O)c1nccc2ccccc12.Oc1cccc2cccnc12.[Ir].[Ir].[Ir].[Ir].[Ir].[Ir].[Ir].[c-]1ccccc1-c1ccccn1.[c-]1ccccc1-n1cccn1. The number of fused-ring (bicyclic) bond motifs is 3. The number of benzene rings is 6. The van der Waals surface area contributed by atoms with Crippen LogP contribution in [0, 0.1) is 19.1 Å². The van der Waals surface area contributed by atoms with E-state index in [9.17, 15) is 19.5 Å². The van der Waals surface area contributed by atoms with E-state index in [1.54, 1.807) is 105 Å². The number of carbonyl (C=O) groups is 3. The molecule has 6 aromatic heterocycles. The standard InChI is InChI=1S/C11H8N.2C10H7NO2.C9H7N2.C9H7NO.C8H9NO.C6H8N2O2.7Ir/c1-2-6-10(7-3-1)11-8-4-5-9-12-11;12-10(13)9-5-7-3-1-2-4-8(7)6-11-9;12-10(13)9-8-4-2-1-3-7(8)5-6-11-9;1-2-5-9(6-3-1)11-8-4-7-10-11;11-8-5-1-3-7-4-2-6-10-9(7)8;1-9-6-7-4-2-3-5-8(7)10;1-4-3-5(6(9)10)7-8(4)2;;;;;;;/h1-6,8-9H;2*1-6H,(H,12,13);1-5,7-8H;1-6,11H;2-6,10H,1H3;3H,1-2H3,(H,9,10);;;;;;;/q-1;;;-1;;;;;;;;;;. The van der Waals surface area contributed by atoms with E-state index >= 15 is 0 Å². The van der Waals surface area contributed by atoms with Gasteiger partial charge in [-0.1, -0.05) is 91.0 Å². The van der Waals surface area contributed by atoms with Crippen molar-refractivity contribution in [3.63, 3.8) is 0 Å². The third-order valence-electron chi connectivity index (χ3n) is 11.0. The fourth-order valence-corrected chi connectivity index (χ4v) is 6.99. The van der Waals surface area contributed by atoms with Crippen molar-refractivity contribution >= 4 is 56.6 Å². The molecule has 12 rings (SSSR count). The molecule has 0 unspecified atom stereocenters. The molecule has 7 radical (unpaired) electrons. The number of carboxylic acid groups (broad SMARTS) is 3. The van der Waals surface area contributed by atoms with Gasteiger partial charge in [0.1, 0.15) is 22.7 Å². The Bertz CT molecular complexity index is 3860. The summed E-state index contributed by atoms with van der Waals surface area (Å²) in [4.78, 5) is 51.3. The largest absolute Gasteiger partial charge is 0.507 e. The third kappa shape index (κ3) is 27.1. The zero-order valence-electron chi connectivity index (χ0n) is 45.8. The van der Waals surface area contributed by atoms with Crippen LogP contribution in [0.15, 0.2) is 236 Å². The van der Waals surface area contributed by atoms with Crippen LogP contribution < -0.4 is 0 Å². The summed E-state index contributed by atoms with van der Waals surface area (Å²) in [5.74, 6) is -2.46. The smallest absolute Gasteiger partial charge is 0.356 e. The van der Waals surface area contributed by atoms with E-state index in [0.717, 1.165) is 49.7 Å². The molecule has 87 heavy (non-hydrogen) atoms. The zero-order chi connectivity index (χ0) is 57.1. The van der Waals surface area contributed by atoms with Crippen LogP contribution in [-0.4, -0.2) is 96.2 Å². The number of phenolic OH excluding ortho intramolecular Hbond substituents is 2. The van der Waals surface area contributed by atoms with Crippen molar-refractivity contribution in [2.45, 2.75) is 6.92 Å². The van der Waals surface area contributed by atoms with Gasteiger partial charge in [-0.3, -0.25) is 19.3 Å². The molecule has 5 N–H and O–H groups in total. The minimum atomic E-state index is -0.995. The Morgan fingerprint density at radius 3 is 1.68 bits per heavy atom. The van der Waals surface area contributed by atoms with Gasteiger partial charge in [0, 0.05) is 226 Å². The number of aliphatic imine (C=N–C) groups is 1. The number of rotatable bonds is 6. The van der Waals surface area contributed by atoms with Crippen LogP contribution in [-0.2, 0) is 148 Å². The molecule has 0 fully saturated rings. The summed E-state index contributed by atoms with van der Waals surface area (Å²) in [6.45, 7) is 1.80. The van der Waals surface area contributed by atoms with Gasteiger partial charge in [0.15, 0.2) is 11.4 Å². The van der Waals surface area contributed by atoms with E-state index in [4.69, 9.17) is 20.4 Å². The maximum Gasteiger partial charge on any atom is 0.356 e. The van der Waals surface area contributed by atoms with E-state index in [2.05, 4.69) is 47.3 Å². The van der Waals surface area contributed by atoms with E-state index in [1.165, 1.54) is 16.9 Å². The number of aryl methyl sites for hydroxylation is 2. The van der Waals surface area contributed by atoms with Gasteiger partial charge < -0.3 is 30.5 Å². The van der Waals surface area contributed by atoms with Crippen molar-refractivity contribution < 1.29 is 181 Å². The molecule has 0 spiro atoms. The number of carboxylic acids is 3. The number of aromatic nitrogens is 8. The maximum absolute atomic E-state index is 10.8. The molecule has 0 aliphatic carbocycles. The fourth-order valence-electron chi connectivity index (χ4n) is 6.99. The average Bonchev–Trinajstić information content (AvgIpc) is 3.96. The number of hydrogen-bond donors (Lipinski definition) is 5. The zero-order valence-corrected chi connectivity index (χ0v) is 62.6. The first-order valence-electron chi connectivity index (χ1n) is 24.3. The minimum absolute atomic E-state index is 0. The number of nitrogens with zero attached hydrogens (tertiary/aromatic N) is 9. The van der Waals surface area contributed by atoms with Gasteiger partial charge in [-0.05, 0) is 83.7 Å². The van der Waals surface area contributed by atoms with Crippen LogP contribution in [0.5, 0.6) is 11.5 Å². The monoisotopic (exact) mass is 2410 g/mol. The second-order valence-corrected chi connectivity index (χ2v) is 16.5. The van der Waals surface area contributed by atoms with Crippen LogP contribution in [0.4, 0.5) is 0 Å². The molecule has 0 saturated carbocycles. The summed E-state index contributed by atoms with van der Waals surface area (Å²) < 4.78 is 3.31. The molecule has 6 heterocycles. The molecular weight excluding hydrogens is 2360 g/mol. The van der Waals surface area contributed by atoms with Gasteiger partial charge >= 0.3 is 17.9 Å². The second kappa shape index (κ2) is 44.7. The minimum Gasteiger partial charge on any atom is -0.507 e. The molecule has 24 heteroatoms. The predicted molar refractivity (Wildman–Crippen MR) is 308 cm³/mol. The first-order chi connectivity index (χ1) is 38.8. The van der Waals surface area contributed by atoms with E-state index in [-0.39, 0.29) is 169 Å². The Morgan fingerprint density at radius 1 is 0.517 bits per heavy atom. The molecule has 0 atom stereocenters. The van der Waals surface area contributed by atoms with Crippen LogP contribution in [0.2, 0.25) is 0 Å². The first-order valence-corrected chi connectivity index (χ1v) is 24.3. The quantitative estimate of drug-likeness (QED) is 0.0767. The Morgan fingerprint density at radius 2 is 1.11 bits per heavy atom. The van der Waals surface area contributed by atoms with Crippen LogP contribution in [0.1, 0.15) is 42.7 Å². The Hall–Kier alpha value is -6.65. The van der Waals surface area contributed by atoms with Gasteiger partial charge in [0.25, 0.3) is 0 Å². The molecule has 12 aromatic rings. The van der Waals surface area contributed by atoms with Gasteiger partial charge in [-0.15, -0.1) is 42.0 Å². The number of aromatic hydroxyl groups is 2. The molecule has 0 amide bonds. The summed E-state index contributed by atoms with van der Waals surface area (Å²) in [5.41, 5.74) is 5.53. The Labute approximate surface area is 596 Å². The van der Waals surface area contributed by atoms with Crippen molar-refractivity contribution in [3.8, 4) is 28.4 Å². The second-order valence-electron chi connectivity index (χ2n) is 16.5. The van der Waals surface area contributed by atoms with Crippen molar-refractivity contribution in [2.75, 3.05) is 7.05 Å². The molecule has 463 valence electrons. The van der Waals surface area contributed by atoms with E-state index in [1.807, 2.05) is 146 Å². The normalized spacial score (nSPS) is 9.23. The molecular formula is C63H53Ir7N9O8-2. The summed E-state index contributed by atoms with van der Waals surface area (Å²) in [5, 5.41) is 56.6. The maximum atomic E-state index is 10.8. The van der Waals surface area contributed by atoms with E-state index < -0.39 is 17.9 Å². The number of aromatic carboxylic acids is 3. The molecule has 0 bridgehead atoms. The number of hydrogen-bond acceptors (Lipinski definition) is 12. The van der Waals surface area contributed by atoms with Gasteiger partial charge in [0.05, 0.1) is 0 Å². The fraction of sp³-hybridized carbons (Fsp3) is 0.0476. The Kier molecular flexibility index (Phi) is 42.4. The summed E-state index contributed by atoms with van der Waals surface area (Å²) in [6, 6.07) is 65.4.